The smallest absolute Gasteiger partial charge is 0.220 e. The second-order valence-corrected chi connectivity index (χ2v) is 27.1. The van der Waals surface area contributed by atoms with Crippen LogP contribution in [0.3, 0.4) is 0 Å². The van der Waals surface area contributed by atoms with E-state index in [1.807, 2.05) is 6.08 Å². The molecule has 3 heterocycles. The van der Waals surface area contributed by atoms with Crippen molar-refractivity contribution in [1.29, 1.82) is 0 Å². The van der Waals surface area contributed by atoms with Crippen LogP contribution in [0.15, 0.2) is 24.3 Å². The molecule has 17 unspecified atom stereocenters. The maximum absolute atomic E-state index is 13.4. The molecule has 17 atom stereocenters. The molecule has 0 aliphatic carbocycles. The zero-order valence-corrected chi connectivity index (χ0v) is 57.5. The van der Waals surface area contributed by atoms with Crippen molar-refractivity contribution in [3.63, 3.8) is 0 Å². The first-order valence-corrected chi connectivity index (χ1v) is 37.6. The third kappa shape index (κ3) is 36.2. The van der Waals surface area contributed by atoms with Gasteiger partial charge in [0.05, 0.1) is 38.6 Å². The van der Waals surface area contributed by atoms with Crippen LogP contribution in [0.25, 0.3) is 0 Å². The van der Waals surface area contributed by atoms with Crippen LogP contribution in [0.4, 0.5) is 0 Å². The Kier molecular flexibility index (Phi) is 50.7. The molecule has 1 amide bonds. The van der Waals surface area contributed by atoms with Crippen molar-refractivity contribution in [3.8, 4) is 0 Å². The van der Waals surface area contributed by atoms with Crippen molar-refractivity contribution in [1.82, 2.24) is 5.32 Å². The van der Waals surface area contributed by atoms with Crippen LogP contribution in [0.2, 0.25) is 0 Å². The van der Waals surface area contributed by atoms with Gasteiger partial charge in [-0.1, -0.05) is 276 Å². The number of hydrogen-bond donors (Lipinski definition) is 12. The summed E-state index contributed by atoms with van der Waals surface area (Å²) in [7, 11) is 0. The Labute approximate surface area is 556 Å². The third-order valence-electron chi connectivity index (χ3n) is 19.0. The zero-order chi connectivity index (χ0) is 66.8. The molecular formula is C73H137NO18. The van der Waals surface area contributed by atoms with Crippen LogP contribution < -0.4 is 5.32 Å². The van der Waals surface area contributed by atoms with Gasteiger partial charge in [0.1, 0.15) is 73.2 Å². The molecule has 0 aromatic heterocycles. The SMILES string of the molecule is CCCCCCCCC/C=C\CCCCCCCC(=O)NC(COC1OC(CO)C(OC2OC(CO)C(OC3OC(CO)C(O)C(O)C3O)C(O)C2O)C(O)C1O)C(O)/C=C/CCCCCCCCCCCCCCCCCCCCCCCCCCCCCCC. The van der Waals surface area contributed by atoms with E-state index in [-0.39, 0.29) is 18.9 Å². The van der Waals surface area contributed by atoms with E-state index in [0.717, 1.165) is 64.2 Å². The van der Waals surface area contributed by atoms with Gasteiger partial charge in [-0.05, 0) is 44.9 Å². The highest BCUT2D eigenvalue weighted by molar-refractivity contribution is 5.76. The van der Waals surface area contributed by atoms with Crippen LogP contribution in [0.1, 0.15) is 303 Å². The van der Waals surface area contributed by atoms with Gasteiger partial charge in [0.25, 0.3) is 0 Å². The van der Waals surface area contributed by atoms with E-state index in [1.54, 1.807) is 6.08 Å². The summed E-state index contributed by atoms with van der Waals surface area (Å²) in [4.78, 5) is 13.4. The number of allylic oxidation sites excluding steroid dienone is 3. The van der Waals surface area contributed by atoms with E-state index < -0.39 is 124 Å². The molecule has 0 bridgehead atoms. The fourth-order valence-corrected chi connectivity index (χ4v) is 12.9. The van der Waals surface area contributed by atoms with Gasteiger partial charge in [0, 0.05) is 6.42 Å². The van der Waals surface area contributed by atoms with Crippen LogP contribution in [-0.4, -0.2) is 193 Å². The average molecular weight is 1320 g/mol. The van der Waals surface area contributed by atoms with Gasteiger partial charge in [-0.25, -0.2) is 0 Å². The minimum Gasteiger partial charge on any atom is -0.394 e. The van der Waals surface area contributed by atoms with E-state index in [2.05, 4.69) is 31.3 Å². The molecule has 0 saturated carbocycles. The molecule has 0 spiro atoms. The van der Waals surface area contributed by atoms with Gasteiger partial charge in [-0.3, -0.25) is 4.79 Å². The summed E-state index contributed by atoms with van der Waals surface area (Å²) >= 11 is 0. The highest BCUT2D eigenvalue weighted by Crippen LogP contribution is 2.33. The van der Waals surface area contributed by atoms with Gasteiger partial charge in [-0.15, -0.1) is 0 Å². The molecule has 19 nitrogen and oxygen atoms in total. The Bertz CT molecular complexity index is 1760. The number of carbonyl (C=O) groups excluding carboxylic acids is 1. The van der Waals surface area contributed by atoms with Crippen LogP contribution in [0, 0.1) is 0 Å². The monoisotopic (exact) mass is 1320 g/mol. The Morgan fingerprint density at radius 1 is 0.380 bits per heavy atom. The molecular weight excluding hydrogens is 1180 g/mol. The largest absolute Gasteiger partial charge is 0.394 e. The second-order valence-electron chi connectivity index (χ2n) is 27.1. The van der Waals surface area contributed by atoms with Gasteiger partial charge in [0.2, 0.25) is 5.91 Å². The van der Waals surface area contributed by atoms with E-state index in [4.69, 9.17) is 28.4 Å². The minimum absolute atomic E-state index is 0.235. The number of rotatable bonds is 59. The lowest BCUT2D eigenvalue weighted by atomic mass is 9.96. The highest BCUT2D eigenvalue weighted by Gasteiger charge is 2.53. The van der Waals surface area contributed by atoms with Crippen molar-refractivity contribution in [2.45, 2.75) is 407 Å². The van der Waals surface area contributed by atoms with Gasteiger partial charge in [-0.2, -0.15) is 0 Å². The molecule has 0 aromatic rings. The topological polar surface area (TPSA) is 307 Å². The normalized spacial score (nSPS) is 27.8. The van der Waals surface area contributed by atoms with Crippen molar-refractivity contribution >= 4 is 5.91 Å². The fraction of sp³-hybridized carbons (Fsp3) is 0.932. The van der Waals surface area contributed by atoms with Gasteiger partial charge in [0.15, 0.2) is 18.9 Å². The molecule has 3 aliphatic rings. The molecule has 3 rings (SSSR count). The number of unbranched alkanes of at least 4 members (excludes halogenated alkanes) is 41. The Morgan fingerprint density at radius 3 is 1.05 bits per heavy atom. The lowest BCUT2D eigenvalue weighted by Gasteiger charge is -2.48. The maximum Gasteiger partial charge on any atom is 0.220 e. The number of aliphatic hydroxyl groups is 11. The van der Waals surface area contributed by atoms with Crippen molar-refractivity contribution in [3.05, 3.63) is 24.3 Å². The van der Waals surface area contributed by atoms with Crippen molar-refractivity contribution in [2.24, 2.45) is 0 Å². The highest BCUT2D eigenvalue weighted by atomic mass is 16.8. The van der Waals surface area contributed by atoms with E-state index in [0.29, 0.717) is 6.42 Å². The number of hydrogen-bond acceptors (Lipinski definition) is 18. The lowest BCUT2D eigenvalue weighted by Crippen LogP contribution is -2.66. The summed E-state index contributed by atoms with van der Waals surface area (Å²) in [6.07, 6.45) is 37.4. The number of carbonyl (C=O) groups is 1. The Balaban J connectivity index is 1.38. The Morgan fingerprint density at radius 2 is 0.685 bits per heavy atom. The molecule has 542 valence electrons. The first-order valence-electron chi connectivity index (χ1n) is 37.6. The standard InChI is InChI=1S/C73H137NO18/c1-3-5-7-9-11-13-15-17-19-21-22-23-24-25-26-27-28-29-30-31-32-33-34-35-36-38-40-42-44-46-48-50-57(78)56(74-61(79)51-49-47-45-43-41-39-37-20-18-16-14-12-10-8-6-4-2)55-87-71-67(85)64(82)69(59(53-76)89-71)92-73-68(86)65(83)70(60(54-77)90-73)91-72-66(84)63(81)62(80)58(52-75)88-72/h20,37,48,50,56-60,62-73,75-78,80-86H,3-19,21-36,38-47,49,51-55H2,1-2H3,(H,74,79)/b37-20-,50-48+. The third-order valence-corrected chi connectivity index (χ3v) is 19.0. The molecule has 3 aliphatic heterocycles. The zero-order valence-electron chi connectivity index (χ0n) is 57.5. The quantitative estimate of drug-likeness (QED) is 0.0199. The van der Waals surface area contributed by atoms with Crippen LogP contribution in [0.5, 0.6) is 0 Å². The molecule has 19 heteroatoms. The predicted octanol–water partition coefficient (Wildman–Crippen LogP) is 11.0. The van der Waals surface area contributed by atoms with Gasteiger partial charge >= 0.3 is 0 Å². The minimum atomic E-state index is -1.98. The predicted molar refractivity (Wildman–Crippen MR) is 360 cm³/mol. The van der Waals surface area contributed by atoms with Crippen molar-refractivity contribution < 1.29 is 89.4 Å². The first kappa shape index (κ1) is 84.5. The molecule has 92 heavy (non-hydrogen) atoms. The van der Waals surface area contributed by atoms with Crippen LogP contribution >= 0.6 is 0 Å². The summed E-state index contributed by atoms with van der Waals surface area (Å²) in [5, 5.41) is 121. The summed E-state index contributed by atoms with van der Waals surface area (Å²) in [6.45, 7) is 1.76. The number of nitrogens with one attached hydrogen (secondary N) is 1. The van der Waals surface area contributed by atoms with E-state index >= 15 is 0 Å². The number of ether oxygens (including phenoxy) is 6. The maximum atomic E-state index is 13.4. The van der Waals surface area contributed by atoms with E-state index in [1.165, 1.54) is 212 Å². The van der Waals surface area contributed by atoms with Gasteiger partial charge < -0.3 is 89.9 Å². The lowest BCUT2D eigenvalue weighted by molar-refractivity contribution is -0.379. The first-order chi connectivity index (χ1) is 44.8. The summed E-state index contributed by atoms with van der Waals surface area (Å²) in [5.41, 5.74) is 0. The average Bonchev–Trinajstić information content (AvgIpc) is 0.808. The summed E-state index contributed by atoms with van der Waals surface area (Å²) < 4.78 is 34.4. The number of amides is 1. The van der Waals surface area contributed by atoms with Crippen LogP contribution in [-0.2, 0) is 33.2 Å². The molecule has 3 fully saturated rings. The molecule has 0 radical (unpaired) electrons. The fourth-order valence-electron chi connectivity index (χ4n) is 12.9. The summed E-state index contributed by atoms with van der Waals surface area (Å²) in [6, 6.07) is -0.976. The van der Waals surface area contributed by atoms with E-state index in [9.17, 15) is 61.0 Å². The Hall–Kier alpha value is -1.73. The molecule has 12 N–H and O–H groups in total. The molecule has 3 saturated heterocycles. The van der Waals surface area contributed by atoms with Crippen molar-refractivity contribution in [2.75, 3.05) is 26.4 Å². The number of aliphatic hydroxyl groups excluding tert-OH is 11. The summed E-state index contributed by atoms with van der Waals surface area (Å²) in [5.74, 6) is -0.280. The second kappa shape index (κ2) is 55.2. The molecule has 0 aromatic carbocycles.